The largest absolute Gasteiger partial charge is 0.467 e. The second-order valence-electron chi connectivity index (χ2n) is 4.07. The lowest BCUT2D eigenvalue weighted by atomic mass is 10.2. The number of hydrogen-bond donors (Lipinski definition) is 1. The van der Waals surface area contributed by atoms with E-state index < -0.39 is 0 Å². The molecule has 0 spiro atoms. The molecule has 0 aliphatic heterocycles. The van der Waals surface area contributed by atoms with Gasteiger partial charge in [-0.3, -0.25) is 4.79 Å². The standard InChI is InChI=1S/C14H13Cl2NO3/c1-19-13(12-3-2-6-20-12)8-17-14(18)10-7-9(15)4-5-11(10)16/h2-7,13H,8H2,1H3,(H,17,18). The molecule has 106 valence electrons. The molecule has 2 aromatic rings. The number of furan rings is 1. The van der Waals surface area contributed by atoms with Crippen molar-refractivity contribution in [2.24, 2.45) is 0 Å². The molecule has 6 heteroatoms. The minimum absolute atomic E-state index is 0.270. The molecule has 0 fully saturated rings. The van der Waals surface area contributed by atoms with Crippen LogP contribution in [0.15, 0.2) is 41.0 Å². The van der Waals surface area contributed by atoms with Crippen LogP contribution in [-0.4, -0.2) is 19.6 Å². The van der Waals surface area contributed by atoms with Crippen LogP contribution in [0.25, 0.3) is 0 Å². The van der Waals surface area contributed by atoms with E-state index in [4.69, 9.17) is 32.4 Å². The molecule has 1 N–H and O–H groups in total. The van der Waals surface area contributed by atoms with Crippen LogP contribution in [0.1, 0.15) is 22.2 Å². The third-order valence-corrected chi connectivity index (χ3v) is 3.33. The van der Waals surface area contributed by atoms with Crippen LogP contribution in [0, 0.1) is 0 Å². The number of carbonyl (C=O) groups excluding carboxylic acids is 1. The summed E-state index contributed by atoms with van der Waals surface area (Å²) in [6, 6.07) is 8.28. The van der Waals surface area contributed by atoms with Gasteiger partial charge in [0.1, 0.15) is 11.9 Å². The zero-order valence-electron chi connectivity index (χ0n) is 10.7. The Morgan fingerprint density at radius 2 is 2.20 bits per heavy atom. The third kappa shape index (κ3) is 3.54. The van der Waals surface area contributed by atoms with Crippen molar-refractivity contribution in [2.75, 3.05) is 13.7 Å². The molecule has 0 saturated carbocycles. The lowest BCUT2D eigenvalue weighted by Gasteiger charge is -2.14. The number of benzene rings is 1. The van der Waals surface area contributed by atoms with E-state index in [1.807, 2.05) is 0 Å². The van der Waals surface area contributed by atoms with Crippen molar-refractivity contribution in [2.45, 2.75) is 6.10 Å². The lowest BCUT2D eigenvalue weighted by Crippen LogP contribution is -2.29. The van der Waals surface area contributed by atoms with Crippen molar-refractivity contribution in [3.05, 3.63) is 58.0 Å². The molecule has 2 rings (SSSR count). The highest BCUT2D eigenvalue weighted by Gasteiger charge is 2.16. The molecule has 20 heavy (non-hydrogen) atoms. The molecule has 1 aromatic heterocycles. The number of amides is 1. The second kappa shape index (κ2) is 6.79. The van der Waals surface area contributed by atoms with Gasteiger partial charge in [-0.25, -0.2) is 0 Å². The van der Waals surface area contributed by atoms with Gasteiger partial charge in [-0.2, -0.15) is 0 Å². The summed E-state index contributed by atoms with van der Waals surface area (Å²) in [5.74, 6) is 0.330. The molecule has 0 aliphatic carbocycles. The summed E-state index contributed by atoms with van der Waals surface area (Å²) in [5.41, 5.74) is 0.327. The highest BCUT2D eigenvalue weighted by Crippen LogP contribution is 2.21. The van der Waals surface area contributed by atoms with Gasteiger partial charge in [-0.15, -0.1) is 0 Å². The fourth-order valence-corrected chi connectivity index (χ4v) is 2.10. The number of ether oxygens (including phenoxy) is 1. The predicted molar refractivity (Wildman–Crippen MR) is 77.3 cm³/mol. The van der Waals surface area contributed by atoms with Crippen molar-refractivity contribution >= 4 is 29.1 Å². The maximum absolute atomic E-state index is 12.1. The molecular formula is C14H13Cl2NO3. The molecular weight excluding hydrogens is 301 g/mol. The van der Waals surface area contributed by atoms with Crippen molar-refractivity contribution < 1.29 is 13.9 Å². The van der Waals surface area contributed by atoms with Gasteiger partial charge in [0.2, 0.25) is 0 Å². The van der Waals surface area contributed by atoms with E-state index in [2.05, 4.69) is 5.32 Å². The van der Waals surface area contributed by atoms with Crippen molar-refractivity contribution in [1.29, 1.82) is 0 Å². The fourth-order valence-electron chi connectivity index (χ4n) is 1.73. The van der Waals surface area contributed by atoms with Crippen LogP contribution in [0.5, 0.6) is 0 Å². The number of rotatable bonds is 5. The molecule has 0 saturated heterocycles. The molecule has 1 unspecified atom stereocenters. The highest BCUT2D eigenvalue weighted by molar-refractivity contribution is 6.35. The fraction of sp³-hybridized carbons (Fsp3) is 0.214. The van der Waals surface area contributed by atoms with Gasteiger partial charge >= 0.3 is 0 Å². The van der Waals surface area contributed by atoms with Gasteiger partial charge in [0.05, 0.1) is 23.4 Å². The van der Waals surface area contributed by atoms with Crippen LogP contribution in [0.3, 0.4) is 0 Å². The van der Waals surface area contributed by atoms with Crippen molar-refractivity contribution in [3.63, 3.8) is 0 Å². The zero-order valence-corrected chi connectivity index (χ0v) is 12.2. The maximum Gasteiger partial charge on any atom is 0.252 e. The first kappa shape index (κ1) is 14.9. The van der Waals surface area contributed by atoms with E-state index >= 15 is 0 Å². The van der Waals surface area contributed by atoms with E-state index in [-0.39, 0.29) is 18.6 Å². The molecule has 1 atom stereocenters. The van der Waals surface area contributed by atoms with Gasteiger partial charge in [-0.1, -0.05) is 23.2 Å². The quantitative estimate of drug-likeness (QED) is 0.915. The van der Waals surface area contributed by atoms with Gasteiger partial charge in [0.15, 0.2) is 0 Å². The first-order valence-electron chi connectivity index (χ1n) is 5.91. The van der Waals surface area contributed by atoms with E-state index in [1.54, 1.807) is 37.6 Å². The van der Waals surface area contributed by atoms with Crippen LogP contribution in [0.4, 0.5) is 0 Å². The molecule has 0 bridgehead atoms. The predicted octanol–water partition coefficient (Wildman–Crippen LogP) is 3.70. The summed E-state index contributed by atoms with van der Waals surface area (Å²) >= 11 is 11.8. The molecule has 1 heterocycles. The number of carbonyl (C=O) groups is 1. The first-order valence-corrected chi connectivity index (χ1v) is 6.67. The Hall–Kier alpha value is -1.49. The normalized spacial score (nSPS) is 12.2. The minimum atomic E-state index is -0.355. The molecule has 1 amide bonds. The smallest absolute Gasteiger partial charge is 0.252 e. The first-order chi connectivity index (χ1) is 9.61. The van der Waals surface area contributed by atoms with Gasteiger partial charge in [0.25, 0.3) is 5.91 Å². The van der Waals surface area contributed by atoms with E-state index in [0.717, 1.165) is 0 Å². The second-order valence-corrected chi connectivity index (χ2v) is 4.92. The molecule has 4 nitrogen and oxygen atoms in total. The van der Waals surface area contributed by atoms with E-state index in [1.165, 1.54) is 6.07 Å². The number of nitrogens with one attached hydrogen (secondary N) is 1. The summed E-state index contributed by atoms with van der Waals surface area (Å²) in [5, 5.41) is 3.54. The molecule has 1 aromatic carbocycles. The number of hydrogen-bond acceptors (Lipinski definition) is 3. The Bertz CT molecular complexity index is 584. The lowest BCUT2D eigenvalue weighted by molar-refractivity contribution is 0.0738. The Labute approximate surface area is 126 Å². The Kier molecular flexibility index (Phi) is 5.06. The summed E-state index contributed by atoms with van der Waals surface area (Å²) in [7, 11) is 1.55. The number of methoxy groups -OCH3 is 1. The van der Waals surface area contributed by atoms with Gasteiger partial charge < -0.3 is 14.5 Å². The van der Waals surface area contributed by atoms with Crippen molar-refractivity contribution in [3.8, 4) is 0 Å². The molecule has 0 aliphatic rings. The van der Waals surface area contributed by atoms with Gasteiger partial charge in [-0.05, 0) is 30.3 Å². The summed E-state index contributed by atoms with van der Waals surface area (Å²) in [6.07, 6.45) is 1.20. The van der Waals surface area contributed by atoms with Crippen LogP contribution < -0.4 is 5.32 Å². The number of halogens is 2. The van der Waals surface area contributed by atoms with Gasteiger partial charge in [0, 0.05) is 12.1 Å². The summed E-state index contributed by atoms with van der Waals surface area (Å²) in [4.78, 5) is 12.1. The summed E-state index contributed by atoms with van der Waals surface area (Å²) < 4.78 is 10.5. The van der Waals surface area contributed by atoms with Crippen molar-refractivity contribution in [1.82, 2.24) is 5.32 Å². The third-order valence-electron chi connectivity index (χ3n) is 2.77. The topological polar surface area (TPSA) is 51.5 Å². The monoisotopic (exact) mass is 313 g/mol. The average Bonchev–Trinajstić information content (AvgIpc) is 2.96. The average molecular weight is 314 g/mol. The Morgan fingerprint density at radius 1 is 1.40 bits per heavy atom. The molecule has 0 radical (unpaired) electrons. The van der Waals surface area contributed by atoms with E-state index in [9.17, 15) is 4.79 Å². The minimum Gasteiger partial charge on any atom is -0.467 e. The SMILES string of the molecule is COC(CNC(=O)c1cc(Cl)ccc1Cl)c1ccco1. The van der Waals surface area contributed by atoms with Crippen LogP contribution >= 0.6 is 23.2 Å². The summed E-state index contributed by atoms with van der Waals surface area (Å²) in [6.45, 7) is 0.270. The highest BCUT2D eigenvalue weighted by atomic mass is 35.5. The maximum atomic E-state index is 12.1. The Balaban J connectivity index is 2.03. The van der Waals surface area contributed by atoms with E-state index in [0.29, 0.717) is 21.4 Å². The van der Waals surface area contributed by atoms with Crippen LogP contribution in [0.2, 0.25) is 10.0 Å². The zero-order chi connectivity index (χ0) is 14.5. The Morgan fingerprint density at radius 3 is 2.85 bits per heavy atom. The van der Waals surface area contributed by atoms with Crippen LogP contribution in [-0.2, 0) is 4.74 Å².